The predicted molar refractivity (Wildman–Crippen MR) is 120 cm³/mol. The molecule has 8 nitrogen and oxygen atoms in total. The maximum atomic E-state index is 12.6. The van der Waals surface area contributed by atoms with Crippen LogP contribution in [-0.4, -0.2) is 82.5 Å². The highest BCUT2D eigenvalue weighted by atomic mass is 16.1. The van der Waals surface area contributed by atoms with Crippen molar-refractivity contribution < 1.29 is 4.79 Å². The second-order valence-electron chi connectivity index (χ2n) is 9.05. The summed E-state index contributed by atoms with van der Waals surface area (Å²) in [6, 6.07) is 3.80. The Morgan fingerprint density at radius 3 is 2.71 bits per heavy atom. The molecular weight excluding hydrogens is 390 g/mol. The van der Waals surface area contributed by atoms with Gasteiger partial charge in [0.1, 0.15) is 11.5 Å². The number of rotatable bonds is 5. The zero-order valence-electron chi connectivity index (χ0n) is 18.2. The van der Waals surface area contributed by atoms with Gasteiger partial charge in [0.2, 0.25) is 0 Å². The van der Waals surface area contributed by atoms with E-state index in [0.717, 1.165) is 56.1 Å². The molecule has 0 aromatic carbocycles. The zero-order chi connectivity index (χ0) is 21.3. The minimum atomic E-state index is -0.119. The van der Waals surface area contributed by atoms with Crippen LogP contribution in [-0.2, 0) is 6.42 Å². The van der Waals surface area contributed by atoms with Gasteiger partial charge in [-0.2, -0.15) is 0 Å². The summed E-state index contributed by atoms with van der Waals surface area (Å²) >= 11 is 0. The largest absolute Gasteiger partial charge is 0.368 e. The third-order valence-corrected chi connectivity index (χ3v) is 7.10. The molecule has 3 aliphatic rings. The van der Waals surface area contributed by atoms with Crippen molar-refractivity contribution in [3.63, 3.8) is 0 Å². The van der Waals surface area contributed by atoms with Crippen LogP contribution in [0.1, 0.15) is 41.7 Å². The fourth-order valence-electron chi connectivity index (χ4n) is 5.23. The lowest BCUT2D eigenvalue weighted by Gasteiger charge is -2.45. The van der Waals surface area contributed by atoms with E-state index in [1.54, 1.807) is 12.4 Å². The summed E-state index contributed by atoms with van der Waals surface area (Å²) in [6.45, 7) is 5.95. The number of piperazine rings is 1. The summed E-state index contributed by atoms with van der Waals surface area (Å²) in [5.74, 6) is 1.23. The van der Waals surface area contributed by atoms with Crippen molar-refractivity contribution in [2.75, 3.05) is 51.6 Å². The Balaban J connectivity index is 1.45. The van der Waals surface area contributed by atoms with Crippen molar-refractivity contribution >= 4 is 11.7 Å². The third kappa shape index (κ3) is 4.02. The van der Waals surface area contributed by atoms with Crippen LogP contribution < -0.4 is 10.6 Å². The van der Waals surface area contributed by atoms with Gasteiger partial charge in [0.15, 0.2) is 5.82 Å². The van der Waals surface area contributed by atoms with Crippen LogP contribution in [0.25, 0.3) is 11.4 Å². The molecule has 2 N–H and O–H groups in total. The van der Waals surface area contributed by atoms with Crippen LogP contribution in [0.3, 0.4) is 0 Å². The molecule has 0 bridgehead atoms. The number of amides is 1. The number of aromatic nitrogens is 3. The molecule has 0 unspecified atom stereocenters. The minimum Gasteiger partial charge on any atom is -0.368 e. The second-order valence-corrected chi connectivity index (χ2v) is 9.05. The van der Waals surface area contributed by atoms with Gasteiger partial charge >= 0.3 is 0 Å². The van der Waals surface area contributed by atoms with Crippen LogP contribution in [0.4, 0.5) is 5.82 Å². The van der Waals surface area contributed by atoms with Gasteiger partial charge in [-0.3, -0.25) is 14.7 Å². The molecule has 8 heteroatoms. The van der Waals surface area contributed by atoms with Crippen molar-refractivity contribution in [2.45, 2.75) is 37.6 Å². The molecule has 0 radical (unpaired) electrons. The van der Waals surface area contributed by atoms with Gasteiger partial charge in [-0.1, -0.05) is 12.8 Å². The molecule has 31 heavy (non-hydrogen) atoms. The van der Waals surface area contributed by atoms with Crippen molar-refractivity contribution in [3.8, 4) is 11.4 Å². The highest BCUT2D eigenvalue weighted by molar-refractivity contribution is 5.96. The van der Waals surface area contributed by atoms with Gasteiger partial charge in [0.05, 0.1) is 0 Å². The van der Waals surface area contributed by atoms with Crippen LogP contribution in [0, 0.1) is 0 Å². The summed E-state index contributed by atoms with van der Waals surface area (Å²) in [5.41, 5.74) is 2.41. The Labute approximate surface area is 183 Å². The van der Waals surface area contributed by atoms with E-state index in [1.165, 1.54) is 25.7 Å². The number of carbonyl (C=O) groups is 1. The van der Waals surface area contributed by atoms with Crippen LogP contribution in [0.5, 0.6) is 0 Å². The van der Waals surface area contributed by atoms with E-state index in [0.29, 0.717) is 18.1 Å². The highest BCUT2D eigenvalue weighted by Gasteiger charge is 2.40. The van der Waals surface area contributed by atoms with Crippen molar-refractivity contribution in [2.24, 2.45) is 0 Å². The Kier molecular flexibility index (Phi) is 5.58. The lowest BCUT2D eigenvalue weighted by Crippen LogP contribution is -2.58. The smallest absolute Gasteiger partial charge is 0.270 e. The zero-order valence-corrected chi connectivity index (χ0v) is 18.2. The molecule has 0 spiro atoms. The SMILES string of the molecule is CN1CCN(C2(CNc3nc(-c4cccnc4)nc4c3CCNC4=O)CCCC2)CC1. The summed E-state index contributed by atoms with van der Waals surface area (Å²) in [6.07, 6.45) is 9.21. The maximum Gasteiger partial charge on any atom is 0.270 e. The number of nitrogens with one attached hydrogen (secondary N) is 2. The van der Waals surface area contributed by atoms with Gasteiger partial charge in [-0.25, -0.2) is 9.97 Å². The van der Waals surface area contributed by atoms with E-state index in [4.69, 9.17) is 4.98 Å². The molecule has 5 rings (SSSR count). The van der Waals surface area contributed by atoms with Crippen LogP contribution in [0.15, 0.2) is 24.5 Å². The highest BCUT2D eigenvalue weighted by Crippen LogP contribution is 2.36. The van der Waals surface area contributed by atoms with Gasteiger partial charge in [0, 0.05) is 68.3 Å². The molecule has 4 heterocycles. The topological polar surface area (TPSA) is 86.3 Å². The van der Waals surface area contributed by atoms with Crippen molar-refractivity contribution in [1.82, 2.24) is 30.1 Å². The summed E-state index contributed by atoms with van der Waals surface area (Å²) < 4.78 is 0. The minimum absolute atomic E-state index is 0.119. The van der Waals surface area contributed by atoms with E-state index in [2.05, 4.69) is 37.4 Å². The van der Waals surface area contributed by atoms with E-state index in [-0.39, 0.29) is 11.4 Å². The van der Waals surface area contributed by atoms with E-state index in [1.807, 2.05) is 12.1 Å². The number of anilines is 1. The van der Waals surface area contributed by atoms with Crippen LogP contribution in [0.2, 0.25) is 0 Å². The number of hydrogen-bond donors (Lipinski definition) is 2. The number of pyridine rings is 1. The molecular formula is C23H31N7O. The molecule has 0 atom stereocenters. The number of fused-ring (bicyclic) bond motifs is 1. The summed E-state index contributed by atoms with van der Waals surface area (Å²) in [5, 5.41) is 6.61. The Hall–Kier alpha value is -2.58. The number of nitrogens with zero attached hydrogens (tertiary/aromatic N) is 5. The first kappa shape index (κ1) is 20.3. The second kappa shape index (κ2) is 8.51. The van der Waals surface area contributed by atoms with E-state index >= 15 is 0 Å². The van der Waals surface area contributed by atoms with Crippen molar-refractivity contribution in [1.29, 1.82) is 0 Å². The quantitative estimate of drug-likeness (QED) is 0.761. The number of carbonyl (C=O) groups excluding carboxylic acids is 1. The fourth-order valence-corrected chi connectivity index (χ4v) is 5.23. The molecule has 2 aromatic rings. The summed E-state index contributed by atoms with van der Waals surface area (Å²) in [7, 11) is 2.20. The Morgan fingerprint density at radius 1 is 1.16 bits per heavy atom. The van der Waals surface area contributed by atoms with Crippen LogP contribution >= 0.6 is 0 Å². The Morgan fingerprint density at radius 2 is 1.97 bits per heavy atom. The molecule has 1 saturated carbocycles. The number of hydrogen-bond acceptors (Lipinski definition) is 7. The van der Waals surface area contributed by atoms with E-state index < -0.39 is 0 Å². The maximum absolute atomic E-state index is 12.6. The number of likely N-dealkylation sites (N-methyl/N-ethyl adjacent to an activating group) is 1. The lowest BCUT2D eigenvalue weighted by molar-refractivity contribution is 0.0510. The van der Waals surface area contributed by atoms with Crippen molar-refractivity contribution in [3.05, 3.63) is 35.8 Å². The first-order valence-electron chi connectivity index (χ1n) is 11.4. The third-order valence-electron chi connectivity index (χ3n) is 7.10. The molecule has 1 saturated heterocycles. The Bertz CT molecular complexity index is 934. The lowest BCUT2D eigenvalue weighted by atomic mass is 9.93. The van der Waals surface area contributed by atoms with Gasteiger partial charge in [-0.05, 0) is 38.4 Å². The molecule has 1 aliphatic carbocycles. The average molecular weight is 422 g/mol. The first-order chi connectivity index (χ1) is 15.1. The van der Waals surface area contributed by atoms with E-state index in [9.17, 15) is 4.79 Å². The summed E-state index contributed by atoms with van der Waals surface area (Å²) in [4.78, 5) is 31.3. The van der Waals surface area contributed by atoms with Gasteiger partial charge in [-0.15, -0.1) is 0 Å². The molecule has 2 aromatic heterocycles. The molecule has 1 amide bonds. The first-order valence-corrected chi connectivity index (χ1v) is 11.4. The van der Waals surface area contributed by atoms with Gasteiger partial charge < -0.3 is 15.5 Å². The standard InChI is InChI=1S/C23H31N7O/c1-29-11-13-30(14-12-29)23(7-2-3-8-23)16-26-21-18-6-10-25-22(31)19(18)27-20(28-21)17-5-4-9-24-15-17/h4-5,9,15H,2-3,6-8,10-14,16H2,1H3,(H,25,31)(H,26,27,28). The fraction of sp³-hybridized carbons (Fsp3) is 0.565. The molecule has 2 fully saturated rings. The molecule has 164 valence electrons. The monoisotopic (exact) mass is 421 g/mol. The normalized spacial score (nSPS) is 21.5. The predicted octanol–water partition coefficient (Wildman–Crippen LogP) is 1.80. The average Bonchev–Trinajstić information content (AvgIpc) is 3.29. The van der Waals surface area contributed by atoms with Gasteiger partial charge in [0.25, 0.3) is 5.91 Å². The molecule has 2 aliphatic heterocycles.